The second-order valence-electron chi connectivity index (χ2n) is 11.2. The van der Waals surface area contributed by atoms with Gasteiger partial charge in [0.05, 0.1) is 6.61 Å². The van der Waals surface area contributed by atoms with Gasteiger partial charge in [-0.25, -0.2) is 0 Å². The van der Waals surface area contributed by atoms with E-state index in [2.05, 4.69) is 141 Å². The van der Waals surface area contributed by atoms with Gasteiger partial charge in [0.1, 0.15) is 34.6 Å². The third-order valence-corrected chi connectivity index (χ3v) is 12.6. The van der Waals surface area contributed by atoms with Crippen LogP contribution in [0.15, 0.2) is 166 Å². The van der Waals surface area contributed by atoms with Crippen molar-refractivity contribution in [3.63, 3.8) is 0 Å². The van der Waals surface area contributed by atoms with E-state index in [-0.39, 0.29) is 27.4 Å². The van der Waals surface area contributed by atoms with Crippen LogP contribution in [-0.2, 0) is 53.5 Å². The minimum Gasteiger partial charge on any atom is -0.741 e. The second kappa shape index (κ2) is 20.5. The Labute approximate surface area is 323 Å². The molecule has 1 radical (unpaired) electrons. The van der Waals surface area contributed by atoms with Gasteiger partial charge >= 0.3 is 17.1 Å². The van der Waals surface area contributed by atoms with E-state index in [0.29, 0.717) is 30.9 Å². The first kappa shape index (κ1) is 39.5. The van der Waals surface area contributed by atoms with Crippen molar-refractivity contribution in [1.29, 1.82) is 0 Å². The average Bonchev–Trinajstić information content (AvgIpc) is 3.19. The van der Waals surface area contributed by atoms with Gasteiger partial charge in [-0.05, 0) is 58.7 Å². The van der Waals surface area contributed by atoms with Crippen LogP contribution in [0.2, 0.25) is 0 Å². The van der Waals surface area contributed by atoms with Gasteiger partial charge in [-0.15, -0.1) is 10.2 Å². The van der Waals surface area contributed by atoms with Gasteiger partial charge in [-0.2, -0.15) is 10.2 Å². The van der Waals surface area contributed by atoms with Crippen molar-refractivity contribution < 1.29 is 21.8 Å². The van der Waals surface area contributed by atoms with E-state index < -0.39 is 7.26 Å². The molecule has 0 bridgehead atoms. The van der Waals surface area contributed by atoms with Crippen LogP contribution in [0.25, 0.3) is 0 Å². The Balaban J connectivity index is 0.00000583. The Morgan fingerprint density at radius 1 is 0.588 bits per heavy atom. The van der Waals surface area contributed by atoms with Crippen LogP contribution >= 0.6 is 7.26 Å². The Morgan fingerprint density at radius 3 is 1.47 bits per heavy atom. The molecule has 0 fully saturated rings. The molecule has 0 aliphatic heterocycles. The summed E-state index contributed by atoms with van der Waals surface area (Å²) in [5.41, 5.74) is 3.89. The molecule has 11 heteroatoms. The van der Waals surface area contributed by atoms with Crippen LogP contribution in [0.5, 0.6) is 0 Å². The molecule has 0 unspecified atom stereocenters. The molecule has 0 atom stereocenters. The van der Waals surface area contributed by atoms with Gasteiger partial charge in [-0.1, -0.05) is 116 Å². The molecule has 0 heterocycles. The maximum absolute atomic E-state index is 6.49. The Bertz CT molecular complexity index is 1810. The van der Waals surface area contributed by atoms with Crippen molar-refractivity contribution in [3.8, 4) is 0 Å². The first-order chi connectivity index (χ1) is 24.5. The summed E-state index contributed by atoms with van der Waals surface area (Å²) in [6.45, 7) is 3.01. The smallest absolute Gasteiger partial charge is 0.741 e. The molecule has 0 saturated carbocycles. The van der Waals surface area contributed by atoms with Crippen molar-refractivity contribution in [3.05, 3.63) is 162 Å². The van der Waals surface area contributed by atoms with Crippen LogP contribution in [-0.4, -0.2) is 48.3 Å². The van der Waals surface area contributed by atoms with Crippen LogP contribution in [0.4, 0.5) is 0 Å². The number of hydrogen-bond donors (Lipinski definition) is 2. The molecule has 0 spiro atoms. The second-order valence-corrected chi connectivity index (χ2v) is 15.4. The summed E-state index contributed by atoms with van der Waals surface area (Å²) in [6, 6.07) is 49.9. The molecule has 5 rings (SSSR count). The van der Waals surface area contributed by atoms with E-state index in [1.807, 2.05) is 42.5 Å². The zero-order chi connectivity index (χ0) is 35.0. The van der Waals surface area contributed by atoms with Crippen molar-refractivity contribution in [2.45, 2.75) is 13.3 Å². The topological polar surface area (TPSA) is 82.7 Å². The van der Waals surface area contributed by atoms with Gasteiger partial charge in [0.25, 0.3) is 0 Å². The van der Waals surface area contributed by atoms with Crippen LogP contribution in [0.1, 0.15) is 23.6 Å². The summed E-state index contributed by atoms with van der Waals surface area (Å²) in [5.74, 6) is 0. The fourth-order valence-corrected chi connectivity index (χ4v) is 9.38. The number of nitrogens with zero attached hydrogens (tertiary/aromatic N) is 4. The first-order valence-electron chi connectivity index (χ1n) is 16.4. The van der Waals surface area contributed by atoms with Crippen molar-refractivity contribution in [2.24, 2.45) is 20.4 Å². The minimum absolute atomic E-state index is 0. The molecule has 51 heavy (non-hydrogen) atoms. The van der Waals surface area contributed by atoms with Crippen LogP contribution in [0, 0.1) is 0 Å². The average molecular weight is 779 g/mol. The van der Waals surface area contributed by atoms with E-state index in [9.17, 15) is 0 Å². The molecule has 5 aromatic carbocycles. The van der Waals surface area contributed by atoms with Crippen LogP contribution < -0.4 is 26.5 Å². The molecule has 5 aromatic rings. The monoisotopic (exact) mass is 778 g/mol. The van der Waals surface area contributed by atoms with E-state index >= 15 is 0 Å². The SMILES string of the molecule is CCc1ccc(C(=N\N=C(/[S-])NC)/C(=N/N=C(\[S-])NCCOC[P+](c2ccccc2)(c2ccccc2)c2ccccc2)c2ccccc2)cc1.[Cu+2]. The van der Waals surface area contributed by atoms with E-state index in [1.165, 1.54) is 21.5 Å². The molecule has 0 aliphatic carbocycles. The Hall–Kier alpha value is -4.27. The number of rotatable bonds is 14. The van der Waals surface area contributed by atoms with Crippen molar-refractivity contribution in [1.82, 2.24) is 10.6 Å². The number of amidine groups is 2. The molecule has 0 amide bonds. The van der Waals surface area contributed by atoms with E-state index in [0.717, 1.165) is 17.5 Å². The molecular weight excluding hydrogens is 739 g/mol. The molecule has 0 saturated heterocycles. The molecular formula is C40H40CuN6OPS2+. The molecule has 263 valence electrons. The maximum Gasteiger partial charge on any atom is 2.00 e. The van der Waals surface area contributed by atoms with Gasteiger partial charge < -0.3 is 40.6 Å². The molecule has 2 N–H and O–H groups in total. The Kier molecular flexibility index (Phi) is 15.9. The third-order valence-electron chi connectivity index (χ3n) is 8.00. The number of ether oxygens (including phenoxy) is 1. The summed E-state index contributed by atoms with van der Waals surface area (Å²) in [4.78, 5) is 0. The Morgan fingerprint density at radius 2 is 1.02 bits per heavy atom. The molecule has 0 aliphatic rings. The summed E-state index contributed by atoms with van der Waals surface area (Å²) < 4.78 is 6.49. The van der Waals surface area contributed by atoms with Gasteiger partial charge in [0.2, 0.25) is 0 Å². The quantitative estimate of drug-likeness (QED) is 0.0278. The zero-order valence-electron chi connectivity index (χ0n) is 28.4. The number of benzene rings is 5. The molecule has 7 nitrogen and oxygen atoms in total. The minimum atomic E-state index is -2.10. The predicted octanol–water partition coefficient (Wildman–Crippen LogP) is 5.94. The van der Waals surface area contributed by atoms with Gasteiger partial charge in [-0.3, -0.25) is 0 Å². The standard InChI is InChI=1S/C40H41N6OPS2.Cu/c1-3-31-24-26-33(27-25-31)38(43-45-39(49)41-2)37(32-16-8-4-9-17-32)44-46-40(50)42-28-29-47-30-48(34-18-10-5-11-19-34,35-20-12-6-13-21-35)36-22-14-7-15-23-36;/h4-27H,3,28-30H2,1-2H3,(H3-,41,42,43,44,45,46,49,50);/q;+2/p-1. The number of aryl methyl sites for hydroxylation is 1. The van der Waals surface area contributed by atoms with E-state index in [1.54, 1.807) is 7.05 Å². The van der Waals surface area contributed by atoms with Crippen LogP contribution in [0.3, 0.4) is 0 Å². The zero-order valence-corrected chi connectivity index (χ0v) is 31.9. The van der Waals surface area contributed by atoms with Gasteiger partial charge in [0.15, 0.2) is 6.35 Å². The number of nitrogens with one attached hydrogen (secondary N) is 2. The van der Waals surface area contributed by atoms with Crippen molar-refractivity contribution in [2.75, 3.05) is 26.5 Å². The summed E-state index contributed by atoms with van der Waals surface area (Å²) in [7, 11) is -0.395. The maximum atomic E-state index is 6.49. The summed E-state index contributed by atoms with van der Waals surface area (Å²) >= 11 is 10.9. The normalized spacial score (nSPS) is 12.6. The van der Waals surface area contributed by atoms with E-state index in [4.69, 9.17) is 30.0 Å². The fraction of sp³-hybridized carbons (Fsp3) is 0.150. The third kappa shape index (κ3) is 10.6. The fourth-order valence-electron chi connectivity index (χ4n) is 5.40. The van der Waals surface area contributed by atoms with Gasteiger partial charge in [0, 0.05) is 24.7 Å². The predicted molar refractivity (Wildman–Crippen MR) is 218 cm³/mol. The summed E-state index contributed by atoms with van der Waals surface area (Å²) in [6.07, 6.45) is 1.47. The summed E-state index contributed by atoms with van der Waals surface area (Å²) in [5, 5.41) is 28.1. The van der Waals surface area contributed by atoms with Crippen molar-refractivity contribution >= 4 is 70.2 Å². The number of hydrogen-bond acceptors (Lipinski definition) is 7. The largest absolute Gasteiger partial charge is 2.00 e. The molecule has 0 aromatic heterocycles. The first-order valence-corrected chi connectivity index (χ1v) is 19.2.